The molecule has 0 aliphatic carbocycles. The third-order valence-corrected chi connectivity index (χ3v) is 3.35. The lowest BCUT2D eigenvalue weighted by Gasteiger charge is -2.06. The molecule has 0 saturated heterocycles. The molecule has 0 radical (unpaired) electrons. The first-order chi connectivity index (χ1) is 10.4. The molecule has 7 nitrogen and oxygen atoms in total. The molecule has 0 aliphatic heterocycles. The van der Waals surface area contributed by atoms with Crippen LogP contribution in [-0.4, -0.2) is 35.0 Å². The first-order valence-corrected chi connectivity index (χ1v) is 8.30. The lowest BCUT2D eigenvalue weighted by molar-refractivity contribution is 0.246. The average molecular weight is 328 g/mol. The Hall–Kier alpha value is -2.06. The molecule has 0 amide bonds. The van der Waals surface area contributed by atoms with Gasteiger partial charge in [0, 0.05) is 17.9 Å². The van der Waals surface area contributed by atoms with E-state index in [1.54, 1.807) is 24.3 Å². The van der Waals surface area contributed by atoms with Gasteiger partial charge in [0.25, 0.3) is 10.1 Å². The van der Waals surface area contributed by atoms with Crippen LogP contribution in [-0.2, 0) is 14.3 Å². The van der Waals surface area contributed by atoms with Gasteiger partial charge in [-0.3, -0.25) is 4.18 Å². The van der Waals surface area contributed by atoms with Gasteiger partial charge in [0.15, 0.2) is 0 Å². The minimum absolute atomic E-state index is 0.00501. The fraction of sp³-hybridized carbons (Fsp3) is 0.357. The summed E-state index contributed by atoms with van der Waals surface area (Å²) in [7, 11) is -1.94. The van der Waals surface area contributed by atoms with Crippen molar-refractivity contribution in [3.05, 3.63) is 34.7 Å². The van der Waals surface area contributed by atoms with Gasteiger partial charge in [-0.1, -0.05) is 0 Å². The van der Waals surface area contributed by atoms with Gasteiger partial charge in [-0.15, -0.1) is 0 Å². The Balaban J connectivity index is 2.02. The van der Waals surface area contributed by atoms with Gasteiger partial charge >= 0.3 is 5.63 Å². The summed E-state index contributed by atoms with van der Waals surface area (Å²) < 4.78 is 41.6. The fourth-order valence-corrected chi connectivity index (χ4v) is 2.17. The van der Waals surface area contributed by atoms with Crippen molar-refractivity contribution in [2.45, 2.75) is 6.42 Å². The van der Waals surface area contributed by atoms with Crippen molar-refractivity contribution in [1.29, 1.82) is 0 Å². The summed E-state index contributed by atoms with van der Waals surface area (Å²) in [4.78, 5) is 11.8. The molecule has 8 heteroatoms. The quantitative estimate of drug-likeness (QED) is 0.432. The summed E-state index contributed by atoms with van der Waals surface area (Å²) in [6, 6.07) is 6.67. The van der Waals surface area contributed by atoms with E-state index in [4.69, 9.17) is 13.9 Å². The summed E-state index contributed by atoms with van der Waals surface area (Å²) in [5.74, 6) is 0.652. The second-order valence-electron chi connectivity index (χ2n) is 4.53. The van der Waals surface area contributed by atoms with Crippen LogP contribution in [0.3, 0.4) is 0 Å². The number of fused-ring (bicyclic) bond motifs is 1. The first-order valence-electron chi connectivity index (χ1n) is 6.48. The molecule has 0 saturated carbocycles. The highest BCUT2D eigenvalue weighted by Crippen LogP contribution is 2.22. The number of benzene rings is 1. The van der Waals surface area contributed by atoms with Gasteiger partial charge in [-0.2, -0.15) is 8.42 Å². The van der Waals surface area contributed by atoms with Crippen LogP contribution in [0.25, 0.3) is 11.0 Å². The van der Waals surface area contributed by atoms with E-state index in [-0.39, 0.29) is 19.0 Å². The predicted octanol–water partition coefficient (Wildman–Crippen LogP) is 1.55. The zero-order valence-corrected chi connectivity index (χ0v) is 13.0. The highest BCUT2D eigenvalue weighted by atomic mass is 32.2. The molecule has 0 spiro atoms. The Morgan fingerprint density at radius 2 is 1.95 bits per heavy atom. The molecule has 0 N–H and O–H groups in total. The maximum atomic E-state index is 11.8. The predicted molar refractivity (Wildman–Crippen MR) is 79.9 cm³/mol. The SMILES string of the molecule is COc1ccc2cc(OCCCOS(C)(=O)=O)c(=O)oc2c1. The molecule has 2 aromatic rings. The van der Waals surface area contributed by atoms with E-state index in [1.165, 1.54) is 7.11 Å². The van der Waals surface area contributed by atoms with Gasteiger partial charge < -0.3 is 13.9 Å². The van der Waals surface area contributed by atoms with Crippen LogP contribution in [0.1, 0.15) is 6.42 Å². The third-order valence-electron chi connectivity index (χ3n) is 2.75. The van der Waals surface area contributed by atoms with E-state index in [0.717, 1.165) is 6.26 Å². The van der Waals surface area contributed by atoms with Gasteiger partial charge in [0.05, 0.1) is 26.6 Å². The highest BCUT2D eigenvalue weighted by molar-refractivity contribution is 7.85. The second kappa shape index (κ2) is 6.80. The largest absolute Gasteiger partial charge is 0.497 e. The molecule has 0 aliphatic rings. The highest BCUT2D eigenvalue weighted by Gasteiger charge is 2.08. The summed E-state index contributed by atoms with van der Waals surface area (Å²) in [6.07, 6.45) is 1.30. The molecule has 0 unspecified atom stereocenters. The molecule has 0 atom stereocenters. The Bertz CT molecular complexity index is 808. The van der Waals surface area contributed by atoms with Crippen molar-refractivity contribution < 1.29 is 26.5 Å². The molecule has 22 heavy (non-hydrogen) atoms. The topological polar surface area (TPSA) is 92.0 Å². The van der Waals surface area contributed by atoms with Gasteiger partial charge in [0.1, 0.15) is 11.3 Å². The molecular formula is C14H16O7S. The lowest BCUT2D eigenvalue weighted by atomic mass is 10.2. The summed E-state index contributed by atoms with van der Waals surface area (Å²) in [5.41, 5.74) is -0.207. The zero-order chi connectivity index (χ0) is 16.2. The summed E-state index contributed by atoms with van der Waals surface area (Å²) in [5, 5.41) is 0.697. The smallest absolute Gasteiger partial charge is 0.379 e. The van der Waals surface area contributed by atoms with Crippen molar-refractivity contribution in [1.82, 2.24) is 0 Å². The van der Waals surface area contributed by atoms with E-state index >= 15 is 0 Å². The van der Waals surface area contributed by atoms with Crippen LogP contribution in [0.5, 0.6) is 11.5 Å². The first kappa shape index (κ1) is 16.3. The van der Waals surface area contributed by atoms with Crippen LogP contribution >= 0.6 is 0 Å². The van der Waals surface area contributed by atoms with Gasteiger partial charge in [0.2, 0.25) is 5.75 Å². The van der Waals surface area contributed by atoms with E-state index in [0.29, 0.717) is 23.1 Å². The molecule has 0 fully saturated rings. The minimum atomic E-state index is -3.46. The van der Waals surface area contributed by atoms with Crippen LogP contribution in [0, 0.1) is 0 Å². The fourth-order valence-electron chi connectivity index (χ4n) is 1.75. The maximum Gasteiger partial charge on any atom is 0.379 e. The number of methoxy groups -OCH3 is 1. The minimum Gasteiger partial charge on any atom is -0.497 e. The standard InChI is InChI=1S/C14H16O7S/c1-18-11-5-4-10-8-13(14(15)21-12(10)9-11)19-6-3-7-20-22(2,16)17/h4-5,8-9H,3,6-7H2,1-2H3. The van der Waals surface area contributed by atoms with Crippen molar-refractivity contribution in [3.63, 3.8) is 0 Å². The van der Waals surface area contributed by atoms with E-state index in [1.807, 2.05) is 0 Å². The summed E-state index contributed by atoms with van der Waals surface area (Å²) >= 11 is 0. The Kier molecular flexibility index (Phi) is 5.04. The molecule has 1 aromatic heterocycles. The van der Waals surface area contributed by atoms with Crippen molar-refractivity contribution in [3.8, 4) is 11.5 Å². The number of ether oxygens (including phenoxy) is 2. The molecule has 120 valence electrons. The molecule has 1 aromatic carbocycles. The van der Waals surface area contributed by atoms with Crippen LogP contribution in [0.15, 0.2) is 33.5 Å². The van der Waals surface area contributed by atoms with Crippen LogP contribution in [0.4, 0.5) is 0 Å². The van der Waals surface area contributed by atoms with E-state index in [2.05, 4.69) is 4.18 Å². The van der Waals surface area contributed by atoms with Crippen molar-refractivity contribution in [2.75, 3.05) is 26.6 Å². The maximum absolute atomic E-state index is 11.8. The van der Waals surface area contributed by atoms with E-state index in [9.17, 15) is 13.2 Å². The van der Waals surface area contributed by atoms with Crippen molar-refractivity contribution >= 4 is 21.1 Å². The van der Waals surface area contributed by atoms with Gasteiger partial charge in [-0.25, -0.2) is 4.79 Å². The monoisotopic (exact) mass is 328 g/mol. The van der Waals surface area contributed by atoms with Gasteiger partial charge in [-0.05, 0) is 18.2 Å². The average Bonchev–Trinajstić information content (AvgIpc) is 2.45. The summed E-state index contributed by atoms with van der Waals surface area (Å²) in [6.45, 7) is 0.136. The Labute approximate surface area is 127 Å². The number of hydrogen-bond donors (Lipinski definition) is 0. The Morgan fingerprint density at radius 1 is 1.18 bits per heavy atom. The van der Waals surface area contributed by atoms with Crippen LogP contribution in [0.2, 0.25) is 0 Å². The second-order valence-corrected chi connectivity index (χ2v) is 6.17. The van der Waals surface area contributed by atoms with Crippen LogP contribution < -0.4 is 15.1 Å². The lowest BCUT2D eigenvalue weighted by Crippen LogP contribution is -2.11. The molecule has 2 rings (SSSR count). The molecule has 0 bridgehead atoms. The third kappa shape index (κ3) is 4.47. The Morgan fingerprint density at radius 3 is 2.64 bits per heavy atom. The molecular weight excluding hydrogens is 312 g/mol. The normalized spacial score (nSPS) is 11.5. The van der Waals surface area contributed by atoms with Crippen molar-refractivity contribution in [2.24, 2.45) is 0 Å². The number of hydrogen-bond acceptors (Lipinski definition) is 7. The molecule has 1 heterocycles. The van der Waals surface area contributed by atoms with E-state index < -0.39 is 15.7 Å². The number of rotatable bonds is 7. The zero-order valence-electron chi connectivity index (χ0n) is 12.2.